The van der Waals surface area contributed by atoms with Gasteiger partial charge in [-0.3, -0.25) is 0 Å². The molecule has 1 aliphatic rings. The van der Waals surface area contributed by atoms with Crippen molar-refractivity contribution >= 4 is 17.4 Å². The standard InChI is InChI=1S/C16H16FNO2S/c17-16-11(3-1-4-13(16)18)10-21-12-5-6-14-15(9-12)20-8-2-7-19-14/h1,3-6,9H,2,7-8,10,18H2. The number of hydrogen-bond acceptors (Lipinski definition) is 4. The molecule has 0 unspecified atom stereocenters. The van der Waals surface area contributed by atoms with Gasteiger partial charge in [0.25, 0.3) is 0 Å². The summed E-state index contributed by atoms with van der Waals surface area (Å²) in [7, 11) is 0. The summed E-state index contributed by atoms with van der Waals surface area (Å²) in [5.41, 5.74) is 6.37. The minimum Gasteiger partial charge on any atom is -0.490 e. The highest BCUT2D eigenvalue weighted by atomic mass is 32.2. The molecule has 0 saturated carbocycles. The number of benzene rings is 2. The number of ether oxygens (including phenoxy) is 2. The van der Waals surface area contributed by atoms with Crippen molar-refractivity contribution in [2.24, 2.45) is 0 Å². The van der Waals surface area contributed by atoms with Gasteiger partial charge >= 0.3 is 0 Å². The van der Waals surface area contributed by atoms with Crippen LogP contribution in [0.3, 0.4) is 0 Å². The Morgan fingerprint density at radius 2 is 1.90 bits per heavy atom. The van der Waals surface area contributed by atoms with Crippen LogP contribution in [0.2, 0.25) is 0 Å². The van der Waals surface area contributed by atoms with Gasteiger partial charge in [-0.1, -0.05) is 12.1 Å². The number of nitrogen functional groups attached to an aromatic ring is 1. The van der Waals surface area contributed by atoms with Gasteiger partial charge in [-0.05, 0) is 24.3 Å². The van der Waals surface area contributed by atoms with Crippen molar-refractivity contribution in [2.45, 2.75) is 17.1 Å². The summed E-state index contributed by atoms with van der Waals surface area (Å²) >= 11 is 1.54. The molecule has 0 bridgehead atoms. The van der Waals surface area contributed by atoms with Gasteiger partial charge in [0.05, 0.1) is 18.9 Å². The summed E-state index contributed by atoms with van der Waals surface area (Å²) in [5.74, 6) is 1.72. The van der Waals surface area contributed by atoms with Gasteiger partial charge in [0.1, 0.15) is 5.82 Å². The fourth-order valence-corrected chi connectivity index (χ4v) is 3.01. The molecule has 3 nitrogen and oxygen atoms in total. The van der Waals surface area contributed by atoms with Crippen molar-refractivity contribution in [2.75, 3.05) is 18.9 Å². The summed E-state index contributed by atoms with van der Waals surface area (Å²) in [6.07, 6.45) is 0.881. The summed E-state index contributed by atoms with van der Waals surface area (Å²) in [6.45, 7) is 1.33. The molecule has 0 amide bonds. The van der Waals surface area contributed by atoms with Crippen LogP contribution >= 0.6 is 11.8 Å². The zero-order valence-electron chi connectivity index (χ0n) is 11.5. The molecule has 0 radical (unpaired) electrons. The molecule has 0 aliphatic carbocycles. The van der Waals surface area contributed by atoms with Crippen LogP contribution in [0.4, 0.5) is 10.1 Å². The smallest absolute Gasteiger partial charge is 0.162 e. The highest BCUT2D eigenvalue weighted by Gasteiger charge is 2.12. The van der Waals surface area contributed by atoms with Crippen molar-refractivity contribution in [3.05, 3.63) is 47.8 Å². The zero-order chi connectivity index (χ0) is 14.7. The van der Waals surface area contributed by atoms with Crippen LogP contribution in [0.25, 0.3) is 0 Å². The van der Waals surface area contributed by atoms with Crippen molar-refractivity contribution in [3.63, 3.8) is 0 Å². The van der Waals surface area contributed by atoms with Crippen molar-refractivity contribution < 1.29 is 13.9 Å². The quantitative estimate of drug-likeness (QED) is 0.691. The second-order valence-electron chi connectivity index (χ2n) is 4.77. The first kappa shape index (κ1) is 14.1. The number of halogens is 1. The second-order valence-corrected chi connectivity index (χ2v) is 5.82. The lowest BCUT2D eigenvalue weighted by molar-refractivity contribution is 0.297. The number of thioether (sulfide) groups is 1. The highest BCUT2D eigenvalue weighted by molar-refractivity contribution is 7.98. The van der Waals surface area contributed by atoms with Crippen LogP contribution in [0.15, 0.2) is 41.3 Å². The van der Waals surface area contributed by atoms with Crippen molar-refractivity contribution in [1.29, 1.82) is 0 Å². The maximum absolute atomic E-state index is 13.8. The Kier molecular flexibility index (Phi) is 4.20. The van der Waals surface area contributed by atoms with E-state index in [4.69, 9.17) is 15.2 Å². The minimum absolute atomic E-state index is 0.187. The first-order valence-corrected chi connectivity index (χ1v) is 7.78. The third-order valence-electron chi connectivity index (χ3n) is 3.22. The third kappa shape index (κ3) is 3.24. The first-order valence-electron chi connectivity index (χ1n) is 6.79. The number of nitrogens with two attached hydrogens (primary N) is 1. The van der Waals surface area contributed by atoms with Crippen LogP contribution < -0.4 is 15.2 Å². The SMILES string of the molecule is Nc1cccc(CSc2ccc3c(c2)OCCCO3)c1F. The number of fused-ring (bicyclic) bond motifs is 1. The molecule has 5 heteroatoms. The van der Waals surface area contributed by atoms with Gasteiger partial charge in [0.15, 0.2) is 11.5 Å². The fourth-order valence-electron chi connectivity index (χ4n) is 2.11. The van der Waals surface area contributed by atoms with E-state index in [0.717, 1.165) is 22.8 Å². The predicted octanol–water partition coefficient (Wildman–Crippen LogP) is 3.86. The van der Waals surface area contributed by atoms with Crippen molar-refractivity contribution in [1.82, 2.24) is 0 Å². The molecule has 0 aromatic heterocycles. The monoisotopic (exact) mass is 305 g/mol. The Labute approximate surface area is 127 Å². The van der Waals surface area contributed by atoms with E-state index in [9.17, 15) is 4.39 Å². The molecular formula is C16H16FNO2S. The van der Waals surface area contributed by atoms with Crippen LogP contribution in [0.1, 0.15) is 12.0 Å². The van der Waals surface area contributed by atoms with Crippen LogP contribution in [-0.4, -0.2) is 13.2 Å². The predicted molar refractivity (Wildman–Crippen MR) is 82.4 cm³/mol. The van der Waals surface area contributed by atoms with Gasteiger partial charge in [0, 0.05) is 22.6 Å². The molecule has 0 saturated heterocycles. The average molecular weight is 305 g/mol. The van der Waals surface area contributed by atoms with E-state index in [2.05, 4.69) is 0 Å². The Hall–Kier alpha value is -1.88. The van der Waals surface area contributed by atoms with Gasteiger partial charge in [-0.25, -0.2) is 4.39 Å². The molecule has 21 heavy (non-hydrogen) atoms. The van der Waals surface area contributed by atoms with E-state index in [-0.39, 0.29) is 11.5 Å². The molecule has 0 atom stereocenters. The summed E-state index contributed by atoms with van der Waals surface area (Å²) in [6, 6.07) is 10.9. The molecule has 0 spiro atoms. The lowest BCUT2D eigenvalue weighted by Gasteiger charge is -2.09. The molecule has 2 N–H and O–H groups in total. The Morgan fingerprint density at radius 3 is 2.76 bits per heavy atom. The van der Waals surface area contributed by atoms with Crippen molar-refractivity contribution in [3.8, 4) is 11.5 Å². The Bertz CT molecular complexity index is 648. The molecule has 1 heterocycles. The second kappa shape index (κ2) is 6.26. The first-order chi connectivity index (χ1) is 10.2. The molecule has 110 valence electrons. The normalized spacial score (nSPS) is 13.8. The average Bonchev–Trinajstić information content (AvgIpc) is 2.73. The lowest BCUT2D eigenvalue weighted by Crippen LogP contribution is -1.97. The highest BCUT2D eigenvalue weighted by Crippen LogP contribution is 2.35. The molecule has 3 rings (SSSR count). The maximum atomic E-state index is 13.8. The molecule has 0 fully saturated rings. The number of anilines is 1. The maximum Gasteiger partial charge on any atom is 0.162 e. The van der Waals surface area contributed by atoms with E-state index >= 15 is 0 Å². The fraction of sp³-hybridized carbons (Fsp3) is 0.250. The molecule has 2 aromatic carbocycles. The lowest BCUT2D eigenvalue weighted by atomic mass is 10.2. The van der Waals surface area contributed by atoms with Crippen LogP contribution in [-0.2, 0) is 5.75 Å². The van der Waals surface area contributed by atoms with Gasteiger partial charge in [-0.15, -0.1) is 11.8 Å². The van der Waals surface area contributed by atoms with Gasteiger partial charge in [0.2, 0.25) is 0 Å². The minimum atomic E-state index is -0.334. The van der Waals surface area contributed by atoms with E-state index < -0.39 is 0 Å². The van der Waals surface area contributed by atoms with Crippen LogP contribution in [0, 0.1) is 5.82 Å². The molecule has 1 aliphatic heterocycles. The van der Waals surface area contributed by atoms with Gasteiger partial charge in [-0.2, -0.15) is 0 Å². The van der Waals surface area contributed by atoms with E-state index in [1.54, 1.807) is 30.0 Å². The molecule has 2 aromatic rings. The Morgan fingerprint density at radius 1 is 1.10 bits per heavy atom. The number of hydrogen-bond donors (Lipinski definition) is 1. The molecular weight excluding hydrogens is 289 g/mol. The summed E-state index contributed by atoms with van der Waals surface area (Å²) in [5, 5.41) is 0. The van der Waals surface area contributed by atoms with E-state index in [1.807, 2.05) is 18.2 Å². The topological polar surface area (TPSA) is 44.5 Å². The number of rotatable bonds is 3. The Balaban J connectivity index is 1.73. The zero-order valence-corrected chi connectivity index (χ0v) is 12.3. The summed E-state index contributed by atoms with van der Waals surface area (Å²) in [4.78, 5) is 1.01. The largest absolute Gasteiger partial charge is 0.490 e. The van der Waals surface area contributed by atoms with E-state index in [1.165, 1.54) is 0 Å². The van der Waals surface area contributed by atoms with Crippen LogP contribution in [0.5, 0.6) is 11.5 Å². The summed E-state index contributed by atoms with van der Waals surface area (Å²) < 4.78 is 25.1. The third-order valence-corrected chi connectivity index (χ3v) is 4.26. The van der Waals surface area contributed by atoms with Gasteiger partial charge < -0.3 is 15.2 Å². The van der Waals surface area contributed by atoms with E-state index in [0.29, 0.717) is 24.5 Å².